The number of halogens is 2. The number of fused-ring (bicyclic) bond motifs is 1. The van der Waals surface area contributed by atoms with E-state index >= 15 is 0 Å². The molecule has 1 aromatic carbocycles. The first-order chi connectivity index (χ1) is 10.0. The number of hydrogen-bond donors (Lipinski definition) is 1. The van der Waals surface area contributed by atoms with Gasteiger partial charge in [-0.3, -0.25) is 9.59 Å². The Hall–Kier alpha value is -1.59. The first-order valence-electron chi connectivity index (χ1n) is 6.41. The summed E-state index contributed by atoms with van der Waals surface area (Å²) in [5, 5.41) is 9.57. The molecule has 1 atom stereocenters. The molecule has 1 aromatic heterocycles. The van der Waals surface area contributed by atoms with Gasteiger partial charge in [-0.2, -0.15) is 0 Å². The summed E-state index contributed by atoms with van der Waals surface area (Å²) in [6, 6.07) is 8.70. The van der Waals surface area contributed by atoms with Crippen molar-refractivity contribution in [1.29, 1.82) is 0 Å². The van der Waals surface area contributed by atoms with Crippen molar-refractivity contribution in [2.45, 2.75) is 18.9 Å². The van der Waals surface area contributed by atoms with Crippen LogP contribution in [0.5, 0.6) is 0 Å². The van der Waals surface area contributed by atoms with E-state index in [4.69, 9.17) is 11.6 Å². The molecule has 21 heavy (non-hydrogen) atoms. The highest BCUT2D eigenvalue weighted by atomic mass is 79.9. The van der Waals surface area contributed by atoms with Gasteiger partial charge in [-0.05, 0) is 24.6 Å². The molecule has 0 bridgehead atoms. The Morgan fingerprint density at radius 2 is 2.05 bits per heavy atom. The number of benzene rings is 1. The number of nitrogens with zero attached hydrogens (tertiary/aromatic N) is 1. The van der Waals surface area contributed by atoms with Gasteiger partial charge in [0, 0.05) is 16.6 Å². The SMILES string of the molecule is O=C(c1ccccc1Br)c1cc(Cl)c2n1CCC2C(=O)O. The fourth-order valence-electron chi connectivity index (χ4n) is 2.73. The number of rotatable bonds is 3. The van der Waals surface area contributed by atoms with Crippen molar-refractivity contribution in [1.82, 2.24) is 4.57 Å². The van der Waals surface area contributed by atoms with Crippen LogP contribution < -0.4 is 0 Å². The molecule has 6 heteroatoms. The van der Waals surface area contributed by atoms with Crippen LogP contribution in [0.15, 0.2) is 34.8 Å². The van der Waals surface area contributed by atoms with E-state index in [1.54, 1.807) is 28.8 Å². The van der Waals surface area contributed by atoms with Crippen molar-refractivity contribution in [3.05, 3.63) is 56.8 Å². The van der Waals surface area contributed by atoms with Gasteiger partial charge in [0.25, 0.3) is 0 Å². The molecule has 0 saturated carbocycles. The summed E-state index contributed by atoms with van der Waals surface area (Å²) in [6.07, 6.45) is 0.460. The fourth-order valence-corrected chi connectivity index (χ4v) is 3.53. The van der Waals surface area contributed by atoms with Gasteiger partial charge in [0.15, 0.2) is 0 Å². The van der Waals surface area contributed by atoms with Crippen LogP contribution in [0.4, 0.5) is 0 Å². The molecule has 0 aliphatic carbocycles. The van der Waals surface area contributed by atoms with Crippen molar-refractivity contribution < 1.29 is 14.7 Å². The number of ketones is 1. The predicted molar refractivity (Wildman–Crippen MR) is 82.0 cm³/mol. The minimum atomic E-state index is -0.909. The largest absolute Gasteiger partial charge is 0.481 e. The summed E-state index contributed by atoms with van der Waals surface area (Å²) in [4.78, 5) is 23.9. The molecule has 2 heterocycles. The molecular formula is C15H11BrClNO3. The Balaban J connectivity index is 2.08. The topological polar surface area (TPSA) is 59.3 Å². The minimum absolute atomic E-state index is 0.165. The van der Waals surface area contributed by atoms with Crippen LogP contribution in [0.25, 0.3) is 0 Å². The van der Waals surface area contributed by atoms with Crippen LogP contribution in [-0.4, -0.2) is 21.4 Å². The molecule has 1 aliphatic heterocycles. The molecule has 0 radical (unpaired) electrons. The van der Waals surface area contributed by atoms with Crippen LogP contribution in [0.3, 0.4) is 0 Å². The van der Waals surface area contributed by atoms with E-state index in [1.807, 2.05) is 6.07 Å². The normalized spacial score (nSPS) is 16.8. The maximum Gasteiger partial charge on any atom is 0.312 e. The zero-order valence-corrected chi connectivity index (χ0v) is 13.2. The summed E-state index contributed by atoms with van der Waals surface area (Å²) in [7, 11) is 0. The molecular weight excluding hydrogens is 358 g/mol. The van der Waals surface area contributed by atoms with Gasteiger partial charge in [-0.25, -0.2) is 0 Å². The Kier molecular flexibility index (Phi) is 3.63. The second-order valence-electron chi connectivity index (χ2n) is 4.90. The lowest BCUT2D eigenvalue weighted by Crippen LogP contribution is -2.10. The maximum absolute atomic E-state index is 12.7. The quantitative estimate of drug-likeness (QED) is 0.840. The molecule has 1 unspecified atom stereocenters. The summed E-state index contributed by atoms with van der Waals surface area (Å²) >= 11 is 9.51. The van der Waals surface area contributed by atoms with E-state index in [1.165, 1.54) is 0 Å². The average molecular weight is 369 g/mol. The number of carbonyl (C=O) groups excluding carboxylic acids is 1. The molecule has 0 spiro atoms. The molecule has 4 nitrogen and oxygen atoms in total. The van der Waals surface area contributed by atoms with Gasteiger partial charge in [-0.15, -0.1) is 0 Å². The third kappa shape index (κ3) is 2.30. The first-order valence-corrected chi connectivity index (χ1v) is 7.58. The fraction of sp³-hybridized carbons (Fsp3) is 0.200. The summed E-state index contributed by atoms with van der Waals surface area (Å²) < 4.78 is 2.43. The van der Waals surface area contributed by atoms with Crippen LogP contribution >= 0.6 is 27.5 Å². The summed E-state index contributed by atoms with van der Waals surface area (Å²) in [5.41, 5.74) is 1.50. The summed E-state index contributed by atoms with van der Waals surface area (Å²) in [5.74, 6) is -1.71. The number of carboxylic acids is 1. The third-order valence-corrected chi connectivity index (χ3v) is 4.70. The van der Waals surface area contributed by atoms with E-state index in [2.05, 4.69) is 15.9 Å². The molecule has 1 N–H and O–H groups in total. The molecule has 0 saturated heterocycles. The second kappa shape index (κ2) is 5.31. The van der Waals surface area contributed by atoms with Crippen molar-refractivity contribution in [2.75, 3.05) is 0 Å². The summed E-state index contributed by atoms with van der Waals surface area (Å²) in [6.45, 7) is 0.491. The van der Waals surface area contributed by atoms with Crippen molar-refractivity contribution in [3.8, 4) is 0 Å². The number of carboxylic acid groups (broad SMARTS) is 1. The van der Waals surface area contributed by atoms with Gasteiger partial charge in [0.2, 0.25) is 5.78 Å². The third-order valence-electron chi connectivity index (χ3n) is 3.71. The Morgan fingerprint density at radius 1 is 1.33 bits per heavy atom. The number of hydrogen-bond acceptors (Lipinski definition) is 2. The van der Waals surface area contributed by atoms with E-state index in [0.717, 1.165) is 0 Å². The van der Waals surface area contributed by atoms with Gasteiger partial charge < -0.3 is 9.67 Å². The molecule has 3 rings (SSSR count). The number of aliphatic carboxylic acids is 1. The molecule has 2 aromatic rings. The Bertz CT molecular complexity index is 753. The maximum atomic E-state index is 12.7. The van der Waals surface area contributed by atoms with Crippen LogP contribution in [0.1, 0.15) is 34.1 Å². The van der Waals surface area contributed by atoms with Gasteiger partial charge in [-0.1, -0.05) is 39.7 Å². The highest BCUT2D eigenvalue weighted by molar-refractivity contribution is 9.10. The Morgan fingerprint density at radius 3 is 2.71 bits per heavy atom. The lowest BCUT2D eigenvalue weighted by Gasteiger charge is -2.07. The first kappa shape index (κ1) is 14.4. The van der Waals surface area contributed by atoms with E-state index in [9.17, 15) is 14.7 Å². The second-order valence-corrected chi connectivity index (χ2v) is 6.16. The van der Waals surface area contributed by atoms with Crippen LogP contribution in [0, 0.1) is 0 Å². The van der Waals surface area contributed by atoms with E-state index in [0.29, 0.717) is 39.4 Å². The standard InChI is InChI=1S/C15H11BrClNO3/c16-10-4-2-1-3-8(10)14(19)12-7-11(17)13-9(15(20)21)5-6-18(12)13/h1-4,7,9H,5-6H2,(H,20,21). The van der Waals surface area contributed by atoms with Crippen molar-refractivity contribution in [3.63, 3.8) is 0 Å². The Labute approximate surface area is 134 Å². The zero-order chi connectivity index (χ0) is 15.1. The smallest absolute Gasteiger partial charge is 0.312 e. The van der Waals surface area contributed by atoms with E-state index in [-0.39, 0.29) is 5.78 Å². The molecule has 0 amide bonds. The lowest BCUT2D eigenvalue weighted by atomic mass is 10.1. The number of aromatic nitrogens is 1. The highest BCUT2D eigenvalue weighted by Crippen LogP contribution is 2.37. The lowest BCUT2D eigenvalue weighted by molar-refractivity contribution is -0.138. The number of carbonyl (C=O) groups is 2. The zero-order valence-electron chi connectivity index (χ0n) is 10.8. The average Bonchev–Trinajstić information content (AvgIpc) is 3.00. The van der Waals surface area contributed by atoms with E-state index < -0.39 is 11.9 Å². The van der Waals surface area contributed by atoms with Gasteiger partial charge in [0.1, 0.15) is 5.92 Å². The molecule has 108 valence electrons. The minimum Gasteiger partial charge on any atom is -0.481 e. The van der Waals surface area contributed by atoms with Crippen molar-refractivity contribution in [2.24, 2.45) is 0 Å². The van der Waals surface area contributed by atoms with Crippen LogP contribution in [-0.2, 0) is 11.3 Å². The van der Waals surface area contributed by atoms with Gasteiger partial charge in [0.05, 0.1) is 16.4 Å². The predicted octanol–water partition coefficient (Wildman–Crippen LogP) is 3.71. The molecule has 0 fully saturated rings. The highest BCUT2D eigenvalue weighted by Gasteiger charge is 2.34. The van der Waals surface area contributed by atoms with Gasteiger partial charge >= 0.3 is 5.97 Å². The molecule has 1 aliphatic rings. The van der Waals surface area contributed by atoms with Crippen LogP contribution in [0.2, 0.25) is 5.02 Å². The van der Waals surface area contributed by atoms with Crippen molar-refractivity contribution >= 4 is 39.3 Å². The monoisotopic (exact) mass is 367 g/mol.